The SMILES string of the molecule is CC(C)(C)[Si]OC(C)(C)[C@H]1CN(C(=O)OCc2ccccc2)CC(=O)N1. The Bertz CT molecular complexity index is 628. The highest BCUT2D eigenvalue weighted by Gasteiger charge is 2.39. The number of hydrogen-bond acceptors (Lipinski definition) is 4. The van der Waals surface area contributed by atoms with Gasteiger partial charge < -0.3 is 14.5 Å². The molecule has 0 saturated carbocycles. The van der Waals surface area contributed by atoms with Gasteiger partial charge in [0, 0.05) is 6.54 Å². The first-order valence-electron chi connectivity index (χ1n) is 8.77. The largest absolute Gasteiger partial charge is 0.445 e. The lowest BCUT2D eigenvalue weighted by atomic mass is 9.97. The van der Waals surface area contributed by atoms with Gasteiger partial charge in [-0.05, 0) is 24.4 Å². The predicted octanol–water partition coefficient (Wildman–Crippen LogP) is 2.76. The number of piperazine rings is 1. The lowest BCUT2D eigenvalue weighted by Crippen LogP contribution is -2.63. The van der Waals surface area contributed by atoms with Crippen LogP contribution in [-0.4, -0.2) is 51.4 Å². The summed E-state index contributed by atoms with van der Waals surface area (Å²) in [6, 6.07) is 9.19. The average Bonchev–Trinajstić information content (AvgIpc) is 2.58. The van der Waals surface area contributed by atoms with E-state index in [4.69, 9.17) is 9.16 Å². The molecule has 142 valence electrons. The van der Waals surface area contributed by atoms with Crippen molar-refractivity contribution in [2.24, 2.45) is 0 Å². The lowest BCUT2D eigenvalue weighted by Gasteiger charge is -2.42. The van der Waals surface area contributed by atoms with Gasteiger partial charge in [0.15, 0.2) is 0 Å². The maximum absolute atomic E-state index is 12.4. The molecule has 1 heterocycles. The molecule has 1 aromatic carbocycles. The monoisotopic (exact) mass is 376 g/mol. The molecule has 0 spiro atoms. The van der Waals surface area contributed by atoms with E-state index in [9.17, 15) is 9.59 Å². The summed E-state index contributed by atoms with van der Waals surface area (Å²) in [5.41, 5.74) is 0.327. The van der Waals surface area contributed by atoms with Crippen molar-refractivity contribution in [3.63, 3.8) is 0 Å². The first-order valence-corrected chi connectivity index (χ1v) is 9.68. The van der Waals surface area contributed by atoms with Gasteiger partial charge in [0.25, 0.3) is 0 Å². The summed E-state index contributed by atoms with van der Waals surface area (Å²) < 4.78 is 11.4. The number of nitrogens with one attached hydrogen (secondary N) is 1. The average molecular weight is 377 g/mol. The van der Waals surface area contributed by atoms with Crippen molar-refractivity contribution in [3.05, 3.63) is 35.9 Å². The minimum Gasteiger partial charge on any atom is -0.445 e. The number of amides is 2. The Kier molecular flexibility index (Phi) is 6.47. The molecule has 7 heteroatoms. The van der Waals surface area contributed by atoms with Crippen molar-refractivity contribution in [1.29, 1.82) is 0 Å². The van der Waals surface area contributed by atoms with Crippen molar-refractivity contribution in [3.8, 4) is 0 Å². The fourth-order valence-corrected chi connectivity index (χ4v) is 3.15. The van der Waals surface area contributed by atoms with Crippen LogP contribution in [-0.2, 0) is 20.6 Å². The van der Waals surface area contributed by atoms with Crippen LogP contribution in [0.5, 0.6) is 0 Å². The van der Waals surface area contributed by atoms with Gasteiger partial charge >= 0.3 is 6.09 Å². The lowest BCUT2D eigenvalue weighted by molar-refractivity contribution is -0.127. The number of carbonyl (C=O) groups excluding carboxylic acids is 2. The first kappa shape index (κ1) is 20.4. The fraction of sp³-hybridized carbons (Fsp3) is 0.579. The van der Waals surface area contributed by atoms with Gasteiger partial charge in [0.1, 0.15) is 13.2 Å². The molecule has 1 saturated heterocycles. The summed E-state index contributed by atoms with van der Waals surface area (Å²) in [6.45, 7) is 10.7. The van der Waals surface area contributed by atoms with Crippen LogP contribution in [0.3, 0.4) is 0 Å². The van der Waals surface area contributed by atoms with Crippen molar-refractivity contribution < 1.29 is 18.8 Å². The number of rotatable bonds is 5. The van der Waals surface area contributed by atoms with Crippen LogP contribution in [0, 0.1) is 0 Å². The van der Waals surface area contributed by atoms with Crippen LogP contribution >= 0.6 is 0 Å². The van der Waals surface area contributed by atoms with Crippen LogP contribution in [0.1, 0.15) is 40.2 Å². The Balaban J connectivity index is 1.95. The highest BCUT2D eigenvalue weighted by Crippen LogP contribution is 2.26. The fourth-order valence-electron chi connectivity index (χ4n) is 2.44. The Morgan fingerprint density at radius 2 is 1.88 bits per heavy atom. The molecule has 1 atom stereocenters. The van der Waals surface area contributed by atoms with Crippen LogP contribution in [0.2, 0.25) is 5.04 Å². The first-order chi connectivity index (χ1) is 12.1. The van der Waals surface area contributed by atoms with Crippen molar-refractivity contribution in [2.75, 3.05) is 13.1 Å². The second-order valence-corrected chi connectivity index (χ2v) is 10.0. The molecule has 1 fully saturated rings. The molecule has 2 rings (SSSR count). The Morgan fingerprint density at radius 1 is 1.23 bits per heavy atom. The minimum atomic E-state index is -0.584. The zero-order valence-electron chi connectivity index (χ0n) is 16.2. The standard InChI is InChI=1S/C19H28N2O4Si/c1-18(2,3)26-25-19(4,5)15-11-21(12-16(22)20-15)17(23)24-13-14-9-7-6-8-10-14/h6-10,15H,11-13H2,1-5H3,(H,20,22)/t15-/m1/s1. The van der Waals surface area contributed by atoms with Gasteiger partial charge in [0.05, 0.1) is 11.6 Å². The van der Waals surface area contributed by atoms with Crippen LogP contribution in [0.4, 0.5) is 4.79 Å². The molecule has 2 amide bonds. The van der Waals surface area contributed by atoms with Gasteiger partial charge in [-0.1, -0.05) is 51.1 Å². The zero-order valence-corrected chi connectivity index (χ0v) is 17.2. The van der Waals surface area contributed by atoms with E-state index in [1.807, 2.05) is 44.2 Å². The van der Waals surface area contributed by atoms with Gasteiger partial charge in [-0.2, -0.15) is 0 Å². The third kappa shape index (κ3) is 6.14. The second-order valence-electron chi connectivity index (χ2n) is 8.10. The summed E-state index contributed by atoms with van der Waals surface area (Å²) in [7, 11) is 0.292. The number of nitrogens with zero attached hydrogens (tertiary/aromatic N) is 1. The number of hydrogen-bond donors (Lipinski definition) is 1. The molecule has 0 aliphatic carbocycles. The van der Waals surface area contributed by atoms with Gasteiger partial charge in [-0.3, -0.25) is 9.69 Å². The Morgan fingerprint density at radius 3 is 2.50 bits per heavy atom. The molecule has 2 radical (unpaired) electrons. The van der Waals surface area contributed by atoms with E-state index in [1.165, 1.54) is 4.90 Å². The third-order valence-corrected chi connectivity index (χ3v) is 5.24. The number of carbonyl (C=O) groups is 2. The highest BCUT2D eigenvalue weighted by atomic mass is 28.2. The number of ether oxygens (including phenoxy) is 1. The summed E-state index contributed by atoms with van der Waals surface area (Å²) in [6.07, 6.45) is -0.484. The van der Waals surface area contributed by atoms with Crippen molar-refractivity contribution in [2.45, 2.75) is 57.9 Å². The molecule has 6 nitrogen and oxygen atoms in total. The van der Waals surface area contributed by atoms with E-state index < -0.39 is 11.7 Å². The van der Waals surface area contributed by atoms with Gasteiger partial charge in [0.2, 0.25) is 15.7 Å². The van der Waals surface area contributed by atoms with Crippen molar-refractivity contribution >= 4 is 21.8 Å². The van der Waals surface area contributed by atoms with Gasteiger partial charge in [-0.25, -0.2) is 4.79 Å². The van der Waals surface area contributed by atoms with E-state index in [0.717, 1.165) is 5.56 Å². The van der Waals surface area contributed by atoms with E-state index in [0.29, 0.717) is 16.3 Å². The maximum atomic E-state index is 12.4. The topological polar surface area (TPSA) is 67.9 Å². The van der Waals surface area contributed by atoms with Crippen LogP contribution in [0.15, 0.2) is 30.3 Å². The molecule has 0 unspecified atom stereocenters. The molecule has 1 aliphatic heterocycles. The molecule has 1 N–H and O–H groups in total. The molecule has 1 aromatic rings. The number of benzene rings is 1. The summed E-state index contributed by atoms with van der Waals surface area (Å²) in [5.74, 6) is -0.200. The van der Waals surface area contributed by atoms with Crippen molar-refractivity contribution in [1.82, 2.24) is 10.2 Å². The van der Waals surface area contributed by atoms with E-state index >= 15 is 0 Å². The highest BCUT2D eigenvalue weighted by molar-refractivity contribution is 6.31. The maximum Gasteiger partial charge on any atom is 0.410 e. The predicted molar refractivity (Wildman–Crippen MR) is 101 cm³/mol. The Labute approximate surface area is 158 Å². The van der Waals surface area contributed by atoms with E-state index in [1.54, 1.807) is 0 Å². The summed E-state index contributed by atoms with van der Waals surface area (Å²) in [5, 5.41) is 2.99. The quantitative estimate of drug-likeness (QED) is 0.803. The van der Waals surface area contributed by atoms with Gasteiger partial charge in [-0.15, -0.1) is 0 Å². The molecular formula is C19H28N2O4Si. The summed E-state index contributed by atoms with van der Waals surface area (Å²) in [4.78, 5) is 25.9. The molecular weight excluding hydrogens is 348 g/mol. The van der Waals surface area contributed by atoms with Crippen LogP contribution in [0.25, 0.3) is 0 Å². The Hall–Kier alpha value is -1.86. The normalized spacial score (nSPS) is 18.4. The van der Waals surface area contributed by atoms with E-state index in [2.05, 4.69) is 26.1 Å². The summed E-state index contributed by atoms with van der Waals surface area (Å²) >= 11 is 0. The third-order valence-electron chi connectivity index (χ3n) is 4.00. The smallest absolute Gasteiger partial charge is 0.410 e. The molecule has 0 bridgehead atoms. The molecule has 26 heavy (non-hydrogen) atoms. The molecule has 0 aromatic heterocycles. The second kappa shape index (κ2) is 8.22. The van der Waals surface area contributed by atoms with Crippen LogP contribution < -0.4 is 5.32 Å². The minimum absolute atomic E-state index is 0.00175. The zero-order chi connectivity index (χ0) is 19.4. The molecule has 1 aliphatic rings. The van der Waals surface area contributed by atoms with E-state index in [-0.39, 0.29) is 30.1 Å².